The summed E-state index contributed by atoms with van der Waals surface area (Å²) >= 11 is 11.1. The van der Waals surface area contributed by atoms with Gasteiger partial charge in [0, 0.05) is 22.4 Å². The number of hydrogen-bond donors (Lipinski definition) is 1. The Morgan fingerprint density at radius 3 is 2.80 bits per heavy atom. The molecule has 0 saturated heterocycles. The molecule has 8 heteroatoms. The minimum absolute atomic E-state index is 0.0953. The number of hydrogen-bond acceptors (Lipinski definition) is 5. The fraction of sp³-hybridized carbons (Fsp3) is 0.273. The van der Waals surface area contributed by atoms with E-state index in [1.807, 2.05) is 49.6 Å². The van der Waals surface area contributed by atoms with Crippen LogP contribution in [0, 0.1) is 13.8 Å². The van der Waals surface area contributed by atoms with Gasteiger partial charge in [0.25, 0.3) is 0 Å². The average molecular weight is 510 g/mol. The lowest BCUT2D eigenvalue weighted by Crippen LogP contribution is -2.12. The lowest BCUT2D eigenvalue weighted by atomic mass is 10.1. The maximum Gasteiger partial charge on any atom is 0.226 e. The fourth-order valence-corrected chi connectivity index (χ4v) is 4.33. The van der Waals surface area contributed by atoms with Crippen molar-refractivity contribution in [2.24, 2.45) is 0 Å². The van der Waals surface area contributed by atoms with E-state index >= 15 is 0 Å². The zero-order chi connectivity index (χ0) is 21.7. The van der Waals surface area contributed by atoms with Gasteiger partial charge >= 0.3 is 0 Å². The van der Waals surface area contributed by atoms with Crippen LogP contribution in [0.25, 0.3) is 11.3 Å². The first-order chi connectivity index (χ1) is 14.4. The number of nitrogens with one attached hydrogen (secondary N) is 1. The highest BCUT2D eigenvalue weighted by atomic mass is 79.9. The predicted octanol–water partition coefficient (Wildman–Crippen LogP) is 6.65. The summed E-state index contributed by atoms with van der Waals surface area (Å²) in [7, 11) is 1.63. The number of ether oxygens (including phenoxy) is 2. The lowest BCUT2D eigenvalue weighted by molar-refractivity contribution is -0.116. The average Bonchev–Trinajstić information content (AvgIpc) is 3.21. The number of amides is 1. The molecular formula is C22H22BrClN2O3S. The molecule has 0 atom stereocenters. The summed E-state index contributed by atoms with van der Waals surface area (Å²) in [5.74, 6) is 1.38. The third-order valence-electron chi connectivity index (χ3n) is 4.51. The van der Waals surface area contributed by atoms with E-state index in [1.165, 1.54) is 11.3 Å². The number of nitrogens with zero attached hydrogens (tertiary/aromatic N) is 1. The van der Waals surface area contributed by atoms with Crippen molar-refractivity contribution < 1.29 is 14.3 Å². The van der Waals surface area contributed by atoms with Crippen LogP contribution in [-0.2, 0) is 4.79 Å². The molecular weight excluding hydrogens is 488 g/mol. The van der Waals surface area contributed by atoms with Gasteiger partial charge in [0.05, 0.1) is 23.9 Å². The molecule has 3 rings (SSSR count). The first-order valence-corrected chi connectivity index (χ1v) is 11.4. The van der Waals surface area contributed by atoms with E-state index in [0.717, 1.165) is 43.4 Å². The van der Waals surface area contributed by atoms with Crippen molar-refractivity contribution in [1.82, 2.24) is 4.98 Å². The maximum absolute atomic E-state index is 12.3. The van der Waals surface area contributed by atoms with Gasteiger partial charge in [-0.3, -0.25) is 4.79 Å². The van der Waals surface area contributed by atoms with Crippen molar-refractivity contribution in [2.75, 3.05) is 19.0 Å². The summed E-state index contributed by atoms with van der Waals surface area (Å²) in [6, 6.07) is 9.56. The van der Waals surface area contributed by atoms with Crippen LogP contribution >= 0.6 is 38.9 Å². The Morgan fingerprint density at radius 1 is 1.27 bits per heavy atom. The van der Waals surface area contributed by atoms with E-state index in [1.54, 1.807) is 7.11 Å². The van der Waals surface area contributed by atoms with Gasteiger partial charge in [0.2, 0.25) is 5.91 Å². The van der Waals surface area contributed by atoms with Crippen LogP contribution < -0.4 is 14.8 Å². The fourth-order valence-electron chi connectivity index (χ4n) is 2.91. The van der Waals surface area contributed by atoms with E-state index in [9.17, 15) is 4.79 Å². The summed E-state index contributed by atoms with van der Waals surface area (Å²) in [6.07, 6.45) is 0.927. The Labute approximate surface area is 193 Å². The Balaban J connectivity index is 1.51. The summed E-state index contributed by atoms with van der Waals surface area (Å²) in [5, 5.41) is 6.04. The Kier molecular flexibility index (Phi) is 7.75. The molecule has 3 aromatic rings. The summed E-state index contributed by atoms with van der Waals surface area (Å²) in [5.41, 5.74) is 3.57. The molecule has 5 nitrogen and oxygen atoms in total. The van der Waals surface area contributed by atoms with Crippen LogP contribution in [0.2, 0.25) is 5.02 Å². The van der Waals surface area contributed by atoms with Gasteiger partial charge in [-0.2, -0.15) is 0 Å². The second-order valence-electron chi connectivity index (χ2n) is 6.68. The molecule has 1 N–H and O–H groups in total. The molecule has 0 fully saturated rings. The predicted molar refractivity (Wildman–Crippen MR) is 126 cm³/mol. The molecule has 0 spiro atoms. The number of benzene rings is 2. The molecule has 0 aliphatic carbocycles. The number of methoxy groups -OCH3 is 1. The number of rotatable bonds is 8. The molecule has 1 heterocycles. The summed E-state index contributed by atoms with van der Waals surface area (Å²) < 4.78 is 12.0. The SMILES string of the molecule is COc1ccccc1-c1csc(NC(=O)CCCOc2cc(C)c(Cl)c(C)c2Br)n1. The number of thiazole rings is 1. The van der Waals surface area contributed by atoms with Crippen molar-refractivity contribution in [2.45, 2.75) is 26.7 Å². The van der Waals surface area contributed by atoms with Crippen LogP contribution in [0.4, 0.5) is 5.13 Å². The van der Waals surface area contributed by atoms with E-state index in [2.05, 4.69) is 26.2 Å². The van der Waals surface area contributed by atoms with E-state index < -0.39 is 0 Å². The van der Waals surface area contributed by atoms with Crippen LogP contribution in [-0.4, -0.2) is 24.6 Å². The van der Waals surface area contributed by atoms with E-state index in [0.29, 0.717) is 24.6 Å². The second kappa shape index (κ2) is 10.3. The summed E-state index contributed by atoms with van der Waals surface area (Å²) in [6.45, 7) is 4.30. The molecule has 0 radical (unpaired) electrons. The van der Waals surface area contributed by atoms with Gasteiger partial charge in [0.1, 0.15) is 11.5 Å². The van der Waals surface area contributed by atoms with Gasteiger partial charge in [-0.15, -0.1) is 11.3 Å². The molecule has 0 unspecified atom stereocenters. The van der Waals surface area contributed by atoms with Crippen molar-refractivity contribution in [3.63, 3.8) is 0 Å². The molecule has 1 aromatic heterocycles. The highest BCUT2D eigenvalue weighted by molar-refractivity contribution is 9.10. The van der Waals surface area contributed by atoms with Gasteiger partial charge < -0.3 is 14.8 Å². The number of anilines is 1. The minimum Gasteiger partial charge on any atom is -0.496 e. The van der Waals surface area contributed by atoms with Crippen LogP contribution in [0.5, 0.6) is 11.5 Å². The topological polar surface area (TPSA) is 60.5 Å². The number of para-hydroxylation sites is 1. The number of aryl methyl sites for hydroxylation is 1. The van der Waals surface area contributed by atoms with E-state index in [-0.39, 0.29) is 5.91 Å². The van der Waals surface area contributed by atoms with Crippen molar-refractivity contribution in [3.05, 3.63) is 56.3 Å². The first-order valence-electron chi connectivity index (χ1n) is 9.37. The van der Waals surface area contributed by atoms with Crippen molar-refractivity contribution in [3.8, 4) is 22.8 Å². The first kappa shape index (κ1) is 22.6. The van der Waals surface area contributed by atoms with E-state index in [4.69, 9.17) is 21.1 Å². The molecule has 2 aromatic carbocycles. The van der Waals surface area contributed by atoms with Crippen molar-refractivity contribution >= 4 is 49.9 Å². The molecule has 0 bridgehead atoms. The number of aromatic nitrogens is 1. The van der Waals surface area contributed by atoms with Crippen molar-refractivity contribution in [1.29, 1.82) is 0 Å². The highest BCUT2D eigenvalue weighted by Gasteiger charge is 2.13. The van der Waals surface area contributed by atoms with Gasteiger partial charge in [-0.25, -0.2) is 4.98 Å². The zero-order valence-electron chi connectivity index (χ0n) is 16.9. The number of halogens is 2. The van der Waals surface area contributed by atoms with Crippen LogP contribution in [0.15, 0.2) is 40.2 Å². The molecule has 0 aliphatic rings. The Bertz CT molecular complexity index is 1050. The molecule has 0 saturated carbocycles. The lowest BCUT2D eigenvalue weighted by Gasteiger charge is -2.13. The monoisotopic (exact) mass is 508 g/mol. The van der Waals surface area contributed by atoms with Gasteiger partial charge in [-0.05, 0) is 65.5 Å². The quantitative estimate of drug-likeness (QED) is 0.345. The normalized spacial score (nSPS) is 10.7. The third-order valence-corrected chi connectivity index (χ3v) is 6.83. The Morgan fingerprint density at radius 2 is 2.03 bits per heavy atom. The largest absolute Gasteiger partial charge is 0.496 e. The second-order valence-corrected chi connectivity index (χ2v) is 8.71. The van der Waals surface area contributed by atoms with Gasteiger partial charge in [-0.1, -0.05) is 23.7 Å². The zero-order valence-corrected chi connectivity index (χ0v) is 20.1. The maximum atomic E-state index is 12.3. The highest BCUT2D eigenvalue weighted by Crippen LogP contribution is 2.36. The molecule has 1 amide bonds. The van der Waals surface area contributed by atoms with Crippen LogP contribution in [0.1, 0.15) is 24.0 Å². The Hall–Kier alpha value is -2.09. The minimum atomic E-state index is -0.0953. The molecule has 0 aliphatic heterocycles. The third kappa shape index (κ3) is 5.33. The summed E-state index contributed by atoms with van der Waals surface area (Å²) in [4.78, 5) is 16.8. The molecule has 158 valence electrons. The van der Waals surface area contributed by atoms with Gasteiger partial charge in [0.15, 0.2) is 5.13 Å². The number of carbonyl (C=O) groups excluding carboxylic acids is 1. The van der Waals surface area contributed by atoms with Crippen LogP contribution in [0.3, 0.4) is 0 Å². The smallest absolute Gasteiger partial charge is 0.226 e. The standard InChI is InChI=1S/C22H22BrClN2O3S/c1-13-11-18(20(23)14(2)21(13)24)29-10-6-9-19(27)26-22-25-16(12-30-22)15-7-4-5-8-17(15)28-3/h4-5,7-8,11-12H,6,9-10H2,1-3H3,(H,25,26,27). The number of carbonyl (C=O) groups is 1. The molecule has 30 heavy (non-hydrogen) atoms.